The van der Waals surface area contributed by atoms with E-state index in [0.29, 0.717) is 48.3 Å². The third kappa shape index (κ3) is 3.36. The molecular formula is C25H24ClFN6O2. The van der Waals surface area contributed by atoms with E-state index in [1.54, 1.807) is 13.1 Å². The van der Waals surface area contributed by atoms with Gasteiger partial charge in [0, 0.05) is 41.4 Å². The number of H-pyrrole nitrogens is 1. The van der Waals surface area contributed by atoms with Crippen molar-refractivity contribution in [3.8, 4) is 11.3 Å². The quantitative estimate of drug-likeness (QED) is 0.357. The van der Waals surface area contributed by atoms with Gasteiger partial charge in [-0.3, -0.25) is 9.59 Å². The Morgan fingerprint density at radius 3 is 2.71 bits per heavy atom. The van der Waals surface area contributed by atoms with Crippen molar-refractivity contribution in [3.05, 3.63) is 50.9 Å². The summed E-state index contributed by atoms with van der Waals surface area (Å²) in [6, 6.07) is 0. The molecule has 0 unspecified atom stereocenters. The predicted octanol–water partition coefficient (Wildman–Crippen LogP) is 4.43. The largest absolute Gasteiger partial charge is 0.357 e. The number of carbonyl (C=O) groups excluding carboxylic acids is 2. The van der Waals surface area contributed by atoms with Crippen molar-refractivity contribution in [3.63, 3.8) is 0 Å². The van der Waals surface area contributed by atoms with Gasteiger partial charge in [0.15, 0.2) is 17.4 Å². The van der Waals surface area contributed by atoms with Gasteiger partial charge >= 0.3 is 0 Å². The second-order valence-corrected chi connectivity index (χ2v) is 9.87. The Bertz CT molecular complexity index is 1430. The minimum Gasteiger partial charge on any atom is -0.357 e. The number of amides is 1. The van der Waals surface area contributed by atoms with Gasteiger partial charge < -0.3 is 15.6 Å². The smallest absolute Gasteiger partial charge is 0.256 e. The molecule has 180 valence electrons. The molecule has 1 saturated carbocycles. The number of Topliss-reactive ketones (excluding diaryl/α,β-unsaturated/α-hetero) is 1. The average Bonchev–Trinajstić information content (AvgIpc) is 3.52. The van der Waals surface area contributed by atoms with Crippen LogP contribution in [0.1, 0.15) is 76.3 Å². The minimum atomic E-state index is -0.563. The number of aryl methyl sites for hydroxylation is 1. The molecule has 0 spiro atoms. The summed E-state index contributed by atoms with van der Waals surface area (Å²) in [5, 5.41) is 5.61. The Kier molecular flexibility index (Phi) is 4.96. The number of carbonyl (C=O) groups is 2. The number of hydrogen-bond donors (Lipinski definition) is 3. The second-order valence-electron chi connectivity index (χ2n) is 9.53. The van der Waals surface area contributed by atoms with E-state index < -0.39 is 5.82 Å². The number of halogens is 2. The fourth-order valence-corrected chi connectivity index (χ4v) is 5.72. The summed E-state index contributed by atoms with van der Waals surface area (Å²) < 4.78 is 16.1. The Balaban J connectivity index is 1.48. The zero-order valence-electron chi connectivity index (χ0n) is 19.4. The van der Waals surface area contributed by atoms with Crippen LogP contribution >= 0.6 is 11.6 Å². The lowest BCUT2D eigenvalue weighted by Crippen LogP contribution is -2.33. The zero-order valence-corrected chi connectivity index (χ0v) is 20.2. The Hall–Kier alpha value is -3.33. The number of ketones is 1. The van der Waals surface area contributed by atoms with Crippen molar-refractivity contribution in [2.75, 3.05) is 11.9 Å². The van der Waals surface area contributed by atoms with Crippen molar-refractivity contribution in [1.29, 1.82) is 0 Å². The second kappa shape index (κ2) is 7.84. The maximum Gasteiger partial charge on any atom is 0.256 e. The molecule has 1 amide bonds. The standard InChI is InChI=1S/C25H24ClFN6O2/c1-3-25(7-8-25)20-15(11(2)34)13-5-4-12-10-29-22(18(27)16(12)19(13)31-20)32-21-17-14(30-24(26)33-21)6-9-28-23(17)35/h10,31H,3-9H2,1-2H3,(H,28,35)(H,29,30,32,33). The summed E-state index contributed by atoms with van der Waals surface area (Å²) in [6.07, 6.45) is 6.33. The van der Waals surface area contributed by atoms with Crippen LogP contribution in [0.5, 0.6) is 0 Å². The van der Waals surface area contributed by atoms with Crippen molar-refractivity contribution < 1.29 is 14.0 Å². The van der Waals surface area contributed by atoms with Gasteiger partial charge in [0.05, 0.1) is 11.4 Å². The van der Waals surface area contributed by atoms with Crippen LogP contribution in [0.25, 0.3) is 11.3 Å². The first-order valence-corrected chi connectivity index (χ1v) is 12.3. The highest BCUT2D eigenvalue weighted by molar-refractivity contribution is 6.28. The summed E-state index contributed by atoms with van der Waals surface area (Å²) >= 11 is 6.08. The molecular weight excluding hydrogens is 471 g/mol. The van der Waals surface area contributed by atoms with Crippen LogP contribution in [-0.2, 0) is 24.7 Å². The normalized spacial score (nSPS) is 17.2. The minimum absolute atomic E-state index is 0.00163. The number of aromatic nitrogens is 4. The first-order valence-electron chi connectivity index (χ1n) is 11.9. The van der Waals surface area contributed by atoms with Crippen molar-refractivity contribution >= 4 is 34.9 Å². The number of nitrogens with one attached hydrogen (secondary N) is 3. The third-order valence-electron chi connectivity index (χ3n) is 7.58. The number of pyridine rings is 1. The summed E-state index contributed by atoms with van der Waals surface area (Å²) in [5.74, 6) is -0.863. The molecule has 0 radical (unpaired) electrons. The van der Waals surface area contributed by atoms with Crippen molar-refractivity contribution in [2.45, 2.75) is 57.8 Å². The monoisotopic (exact) mass is 494 g/mol. The number of aromatic amines is 1. The van der Waals surface area contributed by atoms with E-state index in [-0.39, 0.29) is 39.6 Å². The Morgan fingerprint density at radius 2 is 2.00 bits per heavy atom. The first kappa shape index (κ1) is 22.2. The molecule has 0 saturated heterocycles. The summed E-state index contributed by atoms with van der Waals surface area (Å²) in [4.78, 5) is 41.3. The number of anilines is 2. The molecule has 8 nitrogen and oxygen atoms in total. The topological polar surface area (TPSA) is 113 Å². The third-order valence-corrected chi connectivity index (χ3v) is 7.75. The van der Waals surface area contributed by atoms with Gasteiger partial charge in [-0.2, -0.15) is 4.98 Å². The lowest BCUT2D eigenvalue weighted by Gasteiger charge is -2.21. The van der Waals surface area contributed by atoms with E-state index in [1.807, 2.05) is 0 Å². The van der Waals surface area contributed by atoms with Gasteiger partial charge in [-0.1, -0.05) is 6.92 Å². The molecule has 35 heavy (non-hydrogen) atoms. The molecule has 1 aliphatic heterocycles. The summed E-state index contributed by atoms with van der Waals surface area (Å²) in [5.41, 5.74) is 5.05. The van der Waals surface area contributed by atoms with Crippen LogP contribution in [0, 0.1) is 5.82 Å². The van der Waals surface area contributed by atoms with Gasteiger partial charge in [0.2, 0.25) is 5.28 Å². The Labute approximate surface area is 206 Å². The number of fused-ring (bicyclic) bond motifs is 4. The number of rotatable bonds is 5. The molecule has 0 aromatic carbocycles. The van der Waals surface area contributed by atoms with Crippen LogP contribution < -0.4 is 10.6 Å². The maximum atomic E-state index is 16.1. The van der Waals surface area contributed by atoms with Crippen LogP contribution in [0.3, 0.4) is 0 Å². The highest BCUT2D eigenvalue weighted by Gasteiger charge is 2.47. The maximum absolute atomic E-state index is 16.1. The van der Waals surface area contributed by atoms with E-state index in [0.717, 1.165) is 36.1 Å². The summed E-state index contributed by atoms with van der Waals surface area (Å²) in [6.45, 7) is 4.15. The van der Waals surface area contributed by atoms with Gasteiger partial charge in [-0.25, -0.2) is 14.4 Å². The highest BCUT2D eigenvalue weighted by Crippen LogP contribution is 2.54. The summed E-state index contributed by atoms with van der Waals surface area (Å²) in [7, 11) is 0. The lowest BCUT2D eigenvalue weighted by molar-refractivity contribution is 0.0944. The first-order chi connectivity index (χ1) is 16.8. The highest BCUT2D eigenvalue weighted by atomic mass is 35.5. The van der Waals surface area contributed by atoms with Gasteiger partial charge in [0.1, 0.15) is 11.4 Å². The SMILES string of the molecule is CCC1(c2[nH]c3c(c2C(C)=O)CCc2cnc(Nc4nc(Cl)nc5c4C(=O)NCC5)c(F)c2-3)CC1. The number of hydrogen-bond acceptors (Lipinski definition) is 6. The van der Waals surface area contributed by atoms with E-state index in [9.17, 15) is 9.59 Å². The van der Waals surface area contributed by atoms with Crippen LogP contribution in [0.2, 0.25) is 5.28 Å². The molecule has 3 aromatic rings. The average molecular weight is 495 g/mol. The van der Waals surface area contributed by atoms with Gasteiger partial charge in [-0.15, -0.1) is 0 Å². The van der Waals surface area contributed by atoms with E-state index in [2.05, 4.69) is 37.5 Å². The molecule has 1 fully saturated rings. The van der Waals surface area contributed by atoms with Crippen molar-refractivity contribution in [2.24, 2.45) is 0 Å². The molecule has 6 rings (SSSR count). The molecule has 2 aliphatic carbocycles. The molecule has 10 heteroatoms. The van der Waals surface area contributed by atoms with E-state index in [1.165, 1.54) is 0 Å². The van der Waals surface area contributed by atoms with Crippen molar-refractivity contribution in [1.82, 2.24) is 25.3 Å². The van der Waals surface area contributed by atoms with E-state index in [4.69, 9.17) is 11.6 Å². The molecule has 3 N–H and O–H groups in total. The Morgan fingerprint density at radius 1 is 1.20 bits per heavy atom. The predicted molar refractivity (Wildman–Crippen MR) is 129 cm³/mol. The molecule has 4 heterocycles. The molecule has 3 aromatic heterocycles. The molecule has 3 aliphatic rings. The zero-order chi connectivity index (χ0) is 24.5. The van der Waals surface area contributed by atoms with Crippen LogP contribution in [0.15, 0.2) is 6.20 Å². The van der Waals surface area contributed by atoms with Crippen LogP contribution in [-0.4, -0.2) is 38.2 Å². The fraction of sp³-hybridized carbons (Fsp3) is 0.400. The van der Waals surface area contributed by atoms with E-state index >= 15 is 4.39 Å². The fourth-order valence-electron chi connectivity index (χ4n) is 5.53. The number of nitrogens with zero attached hydrogens (tertiary/aromatic N) is 3. The molecule has 0 bridgehead atoms. The van der Waals surface area contributed by atoms with Crippen LogP contribution in [0.4, 0.5) is 16.0 Å². The molecule has 0 atom stereocenters. The van der Waals surface area contributed by atoms with Gasteiger partial charge in [-0.05, 0) is 61.8 Å². The lowest BCUT2D eigenvalue weighted by atomic mass is 9.86. The van der Waals surface area contributed by atoms with Gasteiger partial charge in [0.25, 0.3) is 5.91 Å².